The largest absolute Gasteiger partial charge is 0.465 e. The monoisotopic (exact) mass is 264 g/mol. The van der Waals surface area contributed by atoms with Crippen LogP contribution < -0.4 is 0 Å². The molecule has 0 aromatic carbocycles. The molecule has 1 fully saturated rings. The molecule has 100 valence electrons. The fourth-order valence-electron chi connectivity index (χ4n) is 1.82. The second-order valence-corrected chi connectivity index (χ2v) is 4.84. The Morgan fingerprint density at radius 3 is 2.53 bits per heavy atom. The van der Waals surface area contributed by atoms with Gasteiger partial charge >= 0.3 is 5.97 Å². The van der Waals surface area contributed by atoms with E-state index in [4.69, 9.17) is 21.1 Å². The maximum absolute atomic E-state index is 11.4. The lowest BCUT2D eigenvalue weighted by molar-refractivity contribution is -0.272. The third kappa shape index (κ3) is 4.45. The first-order valence-corrected chi connectivity index (χ1v) is 6.58. The highest BCUT2D eigenvalue weighted by atomic mass is 35.5. The minimum absolute atomic E-state index is 0.364. The van der Waals surface area contributed by atoms with Crippen LogP contribution in [-0.2, 0) is 19.0 Å². The number of unbranched alkanes of at least 4 members (excludes halogenated alkanes) is 2. The van der Waals surface area contributed by atoms with E-state index >= 15 is 0 Å². The van der Waals surface area contributed by atoms with Gasteiger partial charge in [0.2, 0.25) is 0 Å². The van der Waals surface area contributed by atoms with E-state index in [2.05, 4.69) is 4.74 Å². The molecule has 0 amide bonds. The van der Waals surface area contributed by atoms with Crippen LogP contribution in [0.25, 0.3) is 0 Å². The van der Waals surface area contributed by atoms with Crippen molar-refractivity contribution in [2.45, 2.75) is 38.4 Å². The lowest BCUT2D eigenvalue weighted by atomic mass is 10.0. The van der Waals surface area contributed by atoms with Crippen molar-refractivity contribution in [1.29, 1.82) is 0 Å². The lowest BCUT2D eigenvalue weighted by Gasteiger charge is -2.35. The predicted octanol–water partition coefficient (Wildman–Crippen LogP) is 2.34. The average molecular weight is 265 g/mol. The van der Waals surface area contributed by atoms with Gasteiger partial charge in [0.1, 0.15) is 0 Å². The molecule has 0 radical (unpaired) electrons. The maximum atomic E-state index is 11.4. The highest BCUT2D eigenvalue weighted by Crippen LogP contribution is 2.25. The third-order valence-corrected chi connectivity index (χ3v) is 3.26. The van der Waals surface area contributed by atoms with Gasteiger partial charge in [-0.15, -0.1) is 11.6 Å². The van der Waals surface area contributed by atoms with Gasteiger partial charge in [-0.25, -0.2) is 4.79 Å². The smallest absolute Gasteiger partial charge is 0.366 e. The van der Waals surface area contributed by atoms with E-state index in [-0.39, 0.29) is 0 Å². The van der Waals surface area contributed by atoms with Crippen LogP contribution >= 0.6 is 11.6 Å². The number of alkyl halides is 1. The Morgan fingerprint density at radius 2 is 2.00 bits per heavy atom. The van der Waals surface area contributed by atoms with Gasteiger partial charge in [0.05, 0.1) is 20.3 Å². The molecule has 0 unspecified atom stereocenters. The van der Waals surface area contributed by atoms with Crippen LogP contribution in [0.4, 0.5) is 0 Å². The van der Waals surface area contributed by atoms with Crippen LogP contribution in [0.3, 0.4) is 0 Å². The Balaban J connectivity index is 2.23. The summed E-state index contributed by atoms with van der Waals surface area (Å²) in [5.41, 5.74) is 0. The SMILES string of the molecule is COC(=O)C1(C)OCC(CCCCCCl)CO1. The highest BCUT2D eigenvalue weighted by Gasteiger charge is 2.41. The molecule has 0 bridgehead atoms. The first-order chi connectivity index (χ1) is 8.12. The summed E-state index contributed by atoms with van der Waals surface area (Å²) in [6.45, 7) is 2.70. The Bertz CT molecular complexity index is 237. The number of hydrogen-bond donors (Lipinski definition) is 0. The van der Waals surface area contributed by atoms with Crippen LogP contribution in [-0.4, -0.2) is 38.0 Å². The fourth-order valence-corrected chi connectivity index (χ4v) is 2.01. The van der Waals surface area contributed by atoms with Gasteiger partial charge in [-0.2, -0.15) is 0 Å². The van der Waals surface area contributed by atoms with E-state index in [1.54, 1.807) is 6.92 Å². The summed E-state index contributed by atoms with van der Waals surface area (Å²) in [7, 11) is 1.33. The Kier molecular flexibility index (Phi) is 6.23. The molecule has 1 aliphatic rings. The van der Waals surface area contributed by atoms with Crippen molar-refractivity contribution in [3.05, 3.63) is 0 Å². The number of ether oxygens (including phenoxy) is 3. The van der Waals surface area contributed by atoms with Crippen molar-refractivity contribution in [1.82, 2.24) is 0 Å². The van der Waals surface area contributed by atoms with Gasteiger partial charge in [0.15, 0.2) is 0 Å². The van der Waals surface area contributed by atoms with E-state index in [0.29, 0.717) is 19.1 Å². The Hall–Kier alpha value is -0.320. The van der Waals surface area contributed by atoms with Crippen LogP contribution in [0, 0.1) is 5.92 Å². The maximum Gasteiger partial charge on any atom is 0.366 e. The van der Waals surface area contributed by atoms with E-state index < -0.39 is 11.8 Å². The highest BCUT2D eigenvalue weighted by molar-refractivity contribution is 6.17. The molecule has 4 nitrogen and oxygen atoms in total. The molecule has 1 rings (SSSR count). The van der Waals surface area contributed by atoms with Crippen LogP contribution in [0.5, 0.6) is 0 Å². The average Bonchev–Trinajstić information content (AvgIpc) is 2.36. The normalized spacial score (nSPS) is 29.0. The minimum Gasteiger partial charge on any atom is -0.465 e. The number of methoxy groups -OCH3 is 1. The summed E-state index contributed by atoms with van der Waals surface area (Å²) in [6.07, 6.45) is 4.36. The van der Waals surface area contributed by atoms with E-state index in [1.165, 1.54) is 7.11 Å². The number of rotatable bonds is 6. The molecular weight excluding hydrogens is 244 g/mol. The molecule has 0 spiro atoms. The van der Waals surface area contributed by atoms with Gasteiger partial charge in [-0.1, -0.05) is 12.8 Å². The second-order valence-electron chi connectivity index (χ2n) is 4.46. The van der Waals surface area contributed by atoms with E-state index in [0.717, 1.165) is 31.6 Å². The van der Waals surface area contributed by atoms with Crippen molar-refractivity contribution in [3.63, 3.8) is 0 Å². The zero-order valence-electron chi connectivity index (χ0n) is 10.5. The van der Waals surface area contributed by atoms with Crippen LogP contribution in [0.15, 0.2) is 0 Å². The molecule has 5 heteroatoms. The van der Waals surface area contributed by atoms with Crippen LogP contribution in [0.1, 0.15) is 32.6 Å². The fraction of sp³-hybridized carbons (Fsp3) is 0.917. The predicted molar refractivity (Wildman–Crippen MR) is 65.0 cm³/mol. The summed E-state index contributed by atoms with van der Waals surface area (Å²) in [5.74, 6) is -0.611. The van der Waals surface area contributed by atoms with Gasteiger partial charge in [-0.05, 0) is 12.8 Å². The molecule has 0 saturated carbocycles. The standard InChI is InChI=1S/C12H21ClO4/c1-12(11(14)15-2)16-8-10(9-17-12)6-4-3-5-7-13/h10H,3-9H2,1-2H3. The molecule has 0 N–H and O–H groups in total. The molecule has 1 saturated heterocycles. The minimum atomic E-state index is -1.22. The van der Waals surface area contributed by atoms with Crippen molar-refractivity contribution < 1.29 is 19.0 Å². The van der Waals surface area contributed by atoms with Crippen molar-refractivity contribution in [3.8, 4) is 0 Å². The number of esters is 1. The lowest BCUT2D eigenvalue weighted by Crippen LogP contribution is -2.48. The Morgan fingerprint density at radius 1 is 1.35 bits per heavy atom. The third-order valence-electron chi connectivity index (χ3n) is 2.99. The van der Waals surface area contributed by atoms with Gasteiger partial charge in [0, 0.05) is 18.7 Å². The summed E-state index contributed by atoms with van der Waals surface area (Å²) in [4.78, 5) is 11.4. The van der Waals surface area contributed by atoms with Gasteiger partial charge in [0.25, 0.3) is 5.79 Å². The zero-order chi connectivity index (χ0) is 12.7. The summed E-state index contributed by atoms with van der Waals surface area (Å²) >= 11 is 5.61. The summed E-state index contributed by atoms with van der Waals surface area (Å²) in [6, 6.07) is 0. The zero-order valence-corrected chi connectivity index (χ0v) is 11.3. The van der Waals surface area contributed by atoms with Crippen molar-refractivity contribution >= 4 is 17.6 Å². The number of carbonyl (C=O) groups is 1. The van der Waals surface area contributed by atoms with Crippen LogP contribution in [0.2, 0.25) is 0 Å². The van der Waals surface area contributed by atoms with Crippen molar-refractivity contribution in [2.75, 3.05) is 26.2 Å². The topological polar surface area (TPSA) is 44.8 Å². The molecule has 0 aromatic rings. The number of halogens is 1. The van der Waals surface area contributed by atoms with E-state index in [9.17, 15) is 4.79 Å². The molecule has 1 heterocycles. The second kappa shape index (κ2) is 7.19. The summed E-state index contributed by atoms with van der Waals surface area (Å²) < 4.78 is 15.6. The number of carbonyl (C=O) groups excluding carboxylic acids is 1. The van der Waals surface area contributed by atoms with Crippen molar-refractivity contribution in [2.24, 2.45) is 5.92 Å². The first kappa shape index (κ1) is 14.7. The molecule has 0 atom stereocenters. The Labute approximate surface area is 108 Å². The van der Waals surface area contributed by atoms with E-state index in [1.807, 2.05) is 0 Å². The molecular formula is C12H21ClO4. The summed E-state index contributed by atoms with van der Waals surface area (Å²) in [5, 5.41) is 0. The molecule has 0 aromatic heterocycles. The quantitative estimate of drug-likeness (QED) is 0.420. The molecule has 0 aliphatic carbocycles. The van der Waals surface area contributed by atoms with Gasteiger partial charge in [-0.3, -0.25) is 0 Å². The molecule has 1 aliphatic heterocycles. The first-order valence-electron chi connectivity index (χ1n) is 6.04. The molecule has 17 heavy (non-hydrogen) atoms. The number of hydrogen-bond acceptors (Lipinski definition) is 4. The van der Waals surface area contributed by atoms with Gasteiger partial charge < -0.3 is 14.2 Å².